The molecule has 2 N–H and O–H groups in total. The number of aliphatic hydroxyl groups excluding tert-OH is 1. The molecule has 0 aromatic carbocycles. The normalized spacial score (nSPS) is 50.5. The summed E-state index contributed by atoms with van der Waals surface area (Å²) in [5.74, 6) is 0.968. The van der Waals surface area contributed by atoms with E-state index in [1.807, 2.05) is 6.92 Å². The van der Waals surface area contributed by atoms with Crippen molar-refractivity contribution in [3.8, 4) is 0 Å². The first-order valence-electron chi connectivity index (χ1n) is 10.3. The molecule has 3 fully saturated rings. The second-order valence-corrected chi connectivity index (χ2v) is 9.91. The van der Waals surface area contributed by atoms with Gasteiger partial charge in [-0.1, -0.05) is 32.4 Å². The number of hydrogen-bond donors (Lipinski definition) is 2. The first kappa shape index (κ1) is 18.4. The first-order chi connectivity index (χ1) is 12.2. The van der Waals surface area contributed by atoms with E-state index in [1.165, 1.54) is 5.57 Å². The Hall–Kier alpha value is -1.00. The summed E-state index contributed by atoms with van der Waals surface area (Å²) >= 11 is 0. The van der Waals surface area contributed by atoms with Gasteiger partial charge in [-0.25, -0.2) is 0 Å². The first-order valence-corrected chi connectivity index (χ1v) is 10.3. The molecule has 0 aliphatic heterocycles. The zero-order valence-electron chi connectivity index (χ0n) is 16.3. The van der Waals surface area contributed by atoms with Crippen molar-refractivity contribution in [2.75, 3.05) is 6.61 Å². The van der Waals surface area contributed by atoms with Gasteiger partial charge in [-0.2, -0.15) is 0 Å². The van der Waals surface area contributed by atoms with Crippen LogP contribution in [0.3, 0.4) is 0 Å². The van der Waals surface area contributed by atoms with E-state index in [0.29, 0.717) is 36.9 Å². The van der Waals surface area contributed by atoms with Crippen LogP contribution in [0.4, 0.5) is 0 Å². The summed E-state index contributed by atoms with van der Waals surface area (Å²) in [5.41, 5.74) is -0.344. The molecule has 4 aliphatic carbocycles. The van der Waals surface area contributed by atoms with Crippen molar-refractivity contribution in [3.05, 3.63) is 11.6 Å². The van der Waals surface area contributed by atoms with E-state index in [1.54, 1.807) is 0 Å². The third-order valence-corrected chi connectivity index (χ3v) is 8.99. The molecule has 26 heavy (non-hydrogen) atoms. The van der Waals surface area contributed by atoms with Gasteiger partial charge in [-0.05, 0) is 61.2 Å². The highest BCUT2D eigenvalue weighted by molar-refractivity contribution is 5.90. The predicted molar refractivity (Wildman–Crippen MR) is 98.3 cm³/mol. The maximum absolute atomic E-state index is 12.5. The molecule has 4 aliphatic rings. The summed E-state index contributed by atoms with van der Waals surface area (Å²) < 4.78 is 0. The van der Waals surface area contributed by atoms with Gasteiger partial charge in [0.15, 0.2) is 5.78 Å². The van der Waals surface area contributed by atoms with Crippen molar-refractivity contribution >= 4 is 11.6 Å². The van der Waals surface area contributed by atoms with Gasteiger partial charge >= 0.3 is 0 Å². The molecule has 7 atom stereocenters. The molecule has 4 rings (SSSR count). The molecular weight excluding hydrogens is 328 g/mol. The van der Waals surface area contributed by atoms with Crippen LogP contribution >= 0.6 is 0 Å². The minimum atomic E-state index is -1.44. The van der Waals surface area contributed by atoms with Gasteiger partial charge in [-0.15, -0.1) is 0 Å². The van der Waals surface area contributed by atoms with Crippen LogP contribution in [0.2, 0.25) is 0 Å². The molecule has 4 nitrogen and oxygen atoms in total. The van der Waals surface area contributed by atoms with Gasteiger partial charge in [0.25, 0.3) is 0 Å². The molecule has 0 aromatic heterocycles. The Morgan fingerprint density at radius 3 is 2.73 bits per heavy atom. The third kappa shape index (κ3) is 2.09. The fourth-order valence-electron chi connectivity index (χ4n) is 7.38. The van der Waals surface area contributed by atoms with Crippen molar-refractivity contribution in [1.29, 1.82) is 0 Å². The van der Waals surface area contributed by atoms with Crippen LogP contribution in [-0.2, 0) is 9.59 Å². The van der Waals surface area contributed by atoms with E-state index in [0.717, 1.165) is 25.7 Å². The van der Waals surface area contributed by atoms with E-state index in [4.69, 9.17) is 0 Å². The number of ketones is 2. The Balaban J connectivity index is 1.74. The largest absolute Gasteiger partial charge is 0.388 e. The van der Waals surface area contributed by atoms with Crippen LogP contribution < -0.4 is 0 Å². The molecule has 0 aromatic rings. The number of Topliss-reactive ketones (excluding diaryl/α,β-unsaturated/α-hetero) is 2. The summed E-state index contributed by atoms with van der Waals surface area (Å²) in [6.45, 7) is 5.77. The Morgan fingerprint density at radius 1 is 1.31 bits per heavy atom. The molecule has 1 unspecified atom stereocenters. The monoisotopic (exact) mass is 360 g/mol. The molecule has 144 valence electrons. The number of fused-ring (bicyclic) bond motifs is 5. The Labute approximate surface area is 156 Å². The molecule has 3 saturated carbocycles. The van der Waals surface area contributed by atoms with Gasteiger partial charge in [0.1, 0.15) is 18.0 Å². The average Bonchev–Trinajstić information content (AvgIpc) is 2.83. The SMILES string of the molecule is C[C@@H]1CC2[C@@H]3CC[C@H]4CC(=O)CC[C@]4(C)C3=CC[C@]2(C)[C@@]1(O)C(=O)CO. The average molecular weight is 360 g/mol. The van der Waals surface area contributed by atoms with E-state index < -0.39 is 23.4 Å². The maximum atomic E-state index is 12.5. The lowest BCUT2D eigenvalue weighted by molar-refractivity contribution is -0.162. The number of aliphatic hydroxyl groups is 2. The van der Waals surface area contributed by atoms with Gasteiger partial charge in [0.05, 0.1) is 0 Å². The molecule has 0 saturated heterocycles. The Kier molecular flexibility index (Phi) is 4.06. The molecule has 0 radical (unpaired) electrons. The van der Waals surface area contributed by atoms with Gasteiger partial charge in [-0.3, -0.25) is 9.59 Å². The lowest BCUT2D eigenvalue weighted by Gasteiger charge is -2.56. The highest BCUT2D eigenvalue weighted by atomic mass is 16.3. The minimum absolute atomic E-state index is 0.100. The summed E-state index contributed by atoms with van der Waals surface area (Å²) in [5, 5.41) is 20.9. The van der Waals surface area contributed by atoms with Crippen molar-refractivity contribution < 1.29 is 19.8 Å². The highest BCUT2D eigenvalue weighted by Crippen LogP contribution is 2.67. The summed E-state index contributed by atoms with van der Waals surface area (Å²) in [6.07, 6.45) is 8.28. The van der Waals surface area contributed by atoms with E-state index in [9.17, 15) is 19.8 Å². The Morgan fingerprint density at radius 2 is 2.04 bits per heavy atom. The molecule has 0 amide bonds. The summed E-state index contributed by atoms with van der Waals surface area (Å²) in [4.78, 5) is 24.5. The standard InChI is InChI=1S/C22H32O4/c1-13-10-18-16-5-4-14-11-15(24)6-8-20(14,2)17(16)7-9-21(18,3)22(13,26)19(25)12-23/h7,13-14,16,18,23,26H,4-6,8-12H2,1-3H3/t13-,14+,16-,18?,20+,21+,22+/m1/s1. The van der Waals surface area contributed by atoms with E-state index >= 15 is 0 Å². The predicted octanol–water partition coefficient (Wildman–Crippen LogP) is 3.06. The second-order valence-electron chi connectivity index (χ2n) is 9.91. The summed E-state index contributed by atoms with van der Waals surface area (Å²) in [6, 6.07) is 0. The number of hydrogen-bond acceptors (Lipinski definition) is 4. The number of rotatable bonds is 2. The van der Waals surface area contributed by atoms with Crippen molar-refractivity contribution in [2.45, 2.75) is 71.3 Å². The number of carbonyl (C=O) groups excluding carboxylic acids is 2. The minimum Gasteiger partial charge on any atom is -0.388 e. The molecule has 0 bridgehead atoms. The molecule has 0 heterocycles. The molecular formula is C22H32O4. The van der Waals surface area contributed by atoms with Crippen molar-refractivity contribution in [1.82, 2.24) is 0 Å². The number of carbonyl (C=O) groups is 2. The van der Waals surface area contributed by atoms with Crippen LogP contribution in [0.15, 0.2) is 11.6 Å². The third-order valence-electron chi connectivity index (χ3n) is 8.99. The fourth-order valence-corrected chi connectivity index (χ4v) is 7.38. The lowest BCUT2D eigenvalue weighted by Crippen LogP contribution is -2.58. The second kappa shape index (κ2) is 5.75. The van der Waals surface area contributed by atoms with Crippen molar-refractivity contribution in [3.63, 3.8) is 0 Å². The quantitative estimate of drug-likeness (QED) is 0.742. The van der Waals surface area contributed by atoms with Crippen molar-refractivity contribution in [2.24, 2.45) is 34.5 Å². The lowest BCUT2D eigenvalue weighted by atomic mass is 9.48. The maximum Gasteiger partial charge on any atom is 0.190 e. The smallest absolute Gasteiger partial charge is 0.190 e. The Bertz CT molecular complexity index is 682. The molecule has 0 spiro atoms. The van der Waals surface area contributed by atoms with Gasteiger partial charge in [0, 0.05) is 18.3 Å². The number of allylic oxidation sites excluding steroid dienone is 2. The molecule has 4 heteroatoms. The summed E-state index contributed by atoms with van der Waals surface area (Å²) in [7, 11) is 0. The highest BCUT2D eigenvalue weighted by Gasteiger charge is 2.67. The van der Waals surface area contributed by atoms with Crippen LogP contribution in [0, 0.1) is 34.5 Å². The van der Waals surface area contributed by atoms with E-state index in [-0.39, 0.29) is 17.3 Å². The van der Waals surface area contributed by atoms with Gasteiger partial charge < -0.3 is 10.2 Å². The fraction of sp³-hybridized carbons (Fsp3) is 0.818. The van der Waals surface area contributed by atoms with Crippen LogP contribution in [0.5, 0.6) is 0 Å². The van der Waals surface area contributed by atoms with Crippen LogP contribution in [-0.4, -0.2) is 34.0 Å². The van der Waals surface area contributed by atoms with E-state index in [2.05, 4.69) is 19.9 Å². The van der Waals surface area contributed by atoms with Crippen LogP contribution in [0.1, 0.15) is 65.7 Å². The topological polar surface area (TPSA) is 74.6 Å². The van der Waals surface area contributed by atoms with Gasteiger partial charge in [0.2, 0.25) is 0 Å². The zero-order valence-corrected chi connectivity index (χ0v) is 16.3. The zero-order chi connectivity index (χ0) is 18.9. The van der Waals surface area contributed by atoms with Crippen LogP contribution in [0.25, 0.3) is 0 Å².